The molecule has 0 bridgehead atoms. The molecule has 1 saturated heterocycles. The van der Waals surface area contributed by atoms with E-state index >= 15 is 0 Å². The molecule has 2 atom stereocenters. The third-order valence-corrected chi connectivity index (χ3v) is 4.10. The van der Waals surface area contributed by atoms with Gasteiger partial charge in [0, 0.05) is 37.8 Å². The van der Waals surface area contributed by atoms with E-state index in [1.165, 1.54) is 12.1 Å². The van der Waals surface area contributed by atoms with Gasteiger partial charge in [-0.15, -0.1) is 0 Å². The Balaban J connectivity index is 1.93. The summed E-state index contributed by atoms with van der Waals surface area (Å²) in [6.45, 7) is 7.27. The van der Waals surface area contributed by atoms with Crippen LogP contribution in [0.1, 0.15) is 19.0 Å². The first-order valence-corrected chi connectivity index (χ1v) is 6.40. The summed E-state index contributed by atoms with van der Waals surface area (Å²) in [5.41, 5.74) is 7.68. The molecule has 17 heavy (non-hydrogen) atoms. The first kappa shape index (κ1) is 11.2. The van der Waals surface area contributed by atoms with Gasteiger partial charge in [-0.25, -0.2) is 0 Å². The third-order valence-electron chi connectivity index (χ3n) is 4.10. The maximum atomic E-state index is 6.09. The summed E-state index contributed by atoms with van der Waals surface area (Å²) in [4.78, 5) is 2.37. The second-order valence-corrected chi connectivity index (χ2v) is 5.55. The van der Waals surface area contributed by atoms with Crippen LogP contribution in [0.3, 0.4) is 0 Å². The molecule has 0 amide bonds. The van der Waals surface area contributed by atoms with E-state index in [1.54, 1.807) is 0 Å². The van der Waals surface area contributed by atoms with Crippen molar-refractivity contribution in [2.24, 2.45) is 11.1 Å². The maximum absolute atomic E-state index is 6.09. The van der Waals surface area contributed by atoms with E-state index in [9.17, 15) is 0 Å². The van der Waals surface area contributed by atoms with E-state index in [1.807, 2.05) is 6.20 Å². The van der Waals surface area contributed by atoms with Crippen LogP contribution in [0, 0.1) is 5.41 Å². The van der Waals surface area contributed by atoms with Crippen LogP contribution in [0.2, 0.25) is 0 Å². The number of hydrogen-bond acceptors (Lipinski definition) is 4. The lowest BCUT2D eigenvalue weighted by Crippen LogP contribution is -2.46. The molecule has 3 N–H and O–H groups in total. The number of hydrogen-bond donors (Lipinski definition) is 2. The van der Waals surface area contributed by atoms with E-state index in [0.717, 1.165) is 32.7 Å². The Hall–Kier alpha value is -0.910. The number of nitrogens with one attached hydrogen (secondary N) is 1. The predicted molar refractivity (Wildman–Crippen MR) is 66.2 cm³/mol. The van der Waals surface area contributed by atoms with E-state index in [0.29, 0.717) is 5.41 Å². The summed E-state index contributed by atoms with van der Waals surface area (Å²) in [5.74, 6) is 0. The Kier molecular flexibility index (Phi) is 2.69. The van der Waals surface area contributed by atoms with Gasteiger partial charge in [0.2, 0.25) is 0 Å². The number of rotatable bonds is 1. The Morgan fingerprint density at radius 1 is 1.53 bits per heavy atom. The molecule has 1 fully saturated rings. The molecule has 2 unspecified atom stereocenters. The number of aromatic nitrogens is 2. The predicted octanol–water partition coefficient (Wildman–Crippen LogP) is -0.0169. The van der Waals surface area contributed by atoms with Crippen LogP contribution < -0.4 is 11.1 Å². The highest BCUT2D eigenvalue weighted by molar-refractivity contribution is 5.05. The van der Waals surface area contributed by atoms with Gasteiger partial charge in [-0.2, -0.15) is 5.10 Å². The van der Waals surface area contributed by atoms with E-state index < -0.39 is 0 Å². The average molecular weight is 235 g/mol. The third kappa shape index (κ3) is 1.99. The van der Waals surface area contributed by atoms with Crippen molar-refractivity contribution in [3.63, 3.8) is 0 Å². The van der Waals surface area contributed by atoms with E-state index in [-0.39, 0.29) is 6.17 Å². The molecule has 1 aromatic heterocycles. The van der Waals surface area contributed by atoms with Crippen molar-refractivity contribution in [1.82, 2.24) is 20.0 Å². The van der Waals surface area contributed by atoms with E-state index in [2.05, 4.69) is 33.0 Å². The van der Waals surface area contributed by atoms with Crippen molar-refractivity contribution in [2.75, 3.05) is 19.6 Å². The maximum Gasteiger partial charge on any atom is 0.0546 e. The van der Waals surface area contributed by atoms with Crippen LogP contribution in [0.5, 0.6) is 0 Å². The molecule has 0 radical (unpaired) electrons. The topological polar surface area (TPSA) is 59.1 Å². The van der Waals surface area contributed by atoms with Gasteiger partial charge in [0.1, 0.15) is 0 Å². The minimum Gasteiger partial charge on any atom is -0.316 e. The van der Waals surface area contributed by atoms with Crippen molar-refractivity contribution in [3.05, 3.63) is 18.0 Å². The Labute approximate surface area is 102 Å². The van der Waals surface area contributed by atoms with Gasteiger partial charge < -0.3 is 11.1 Å². The second kappa shape index (κ2) is 4.08. The van der Waals surface area contributed by atoms with Gasteiger partial charge in [-0.1, -0.05) is 0 Å². The van der Waals surface area contributed by atoms with Gasteiger partial charge in [0.05, 0.1) is 11.9 Å². The lowest BCUT2D eigenvalue weighted by Gasteiger charge is -2.33. The van der Waals surface area contributed by atoms with Crippen molar-refractivity contribution in [1.29, 1.82) is 0 Å². The highest BCUT2D eigenvalue weighted by Crippen LogP contribution is 2.32. The van der Waals surface area contributed by atoms with Crippen LogP contribution in [-0.2, 0) is 13.1 Å². The van der Waals surface area contributed by atoms with Gasteiger partial charge >= 0.3 is 0 Å². The van der Waals surface area contributed by atoms with Crippen molar-refractivity contribution < 1.29 is 0 Å². The van der Waals surface area contributed by atoms with Gasteiger partial charge in [-0.05, 0) is 26.0 Å². The van der Waals surface area contributed by atoms with Crippen LogP contribution in [0.15, 0.2) is 12.3 Å². The van der Waals surface area contributed by atoms with Crippen molar-refractivity contribution in [2.45, 2.75) is 32.6 Å². The Morgan fingerprint density at radius 2 is 2.41 bits per heavy atom. The van der Waals surface area contributed by atoms with Crippen LogP contribution in [0.4, 0.5) is 0 Å². The summed E-state index contributed by atoms with van der Waals surface area (Å²) in [7, 11) is 0. The number of fused-ring (bicyclic) bond motifs is 1. The first-order valence-electron chi connectivity index (χ1n) is 6.40. The van der Waals surface area contributed by atoms with Gasteiger partial charge in [0.25, 0.3) is 0 Å². The monoisotopic (exact) mass is 235 g/mol. The summed E-state index contributed by atoms with van der Waals surface area (Å²) < 4.78 is 2.16. The molecule has 2 aliphatic rings. The summed E-state index contributed by atoms with van der Waals surface area (Å²) in [5, 5.41) is 7.94. The molecule has 3 heterocycles. The smallest absolute Gasteiger partial charge is 0.0546 e. The molecule has 0 aromatic carbocycles. The van der Waals surface area contributed by atoms with Gasteiger partial charge in [-0.3, -0.25) is 9.58 Å². The van der Waals surface area contributed by atoms with Crippen molar-refractivity contribution in [3.8, 4) is 0 Å². The number of nitrogens with zero attached hydrogens (tertiary/aromatic N) is 3. The molecular formula is C12H21N5. The Bertz CT molecular complexity index is 391. The van der Waals surface area contributed by atoms with Crippen LogP contribution in [-0.4, -0.2) is 40.5 Å². The zero-order valence-electron chi connectivity index (χ0n) is 10.4. The second-order valence-electron chi connectivity index (χ2n) is 5.55. The standard InChI is InChI=1S/C12H21N5/c1-10(13)16-6-11-2-4-15-17(11)9-12(8-16)3-5-14-7-12/h2,4,10,14H,3,5-9,13H2,1H3. The molecule has 5 nitrogen and oxygen atoms in total. The van der Waals surface area contributed by atoms with Crippen LogP contribution in [0.25, 0.3) is 0 Å². The molecule has 1 aromatic rings. The van der Waals surface area contributed by atoms with Gasteiger partial charge in [0.15, 0.2) is 0 Å². The largest absolute Gasteiger partial charge is 0.316 e. The normalized spacial score (nSPS) is 31.4. The summed E-state index contributed by atoms with van der Waals surface area (Å²) >= 11 is 0. The fourth-order valence-corrected chi connectivity index (χ4v) is 3.05. The van der Waals surface area contributed by atoms with E-state index in [4.69, 9.17) is 5.73 Å². The molecule has 0 aliphatic carbocycles. The van der Waals surface area contributed by atoms with Crippen LogP contribution >= 0.6 is 0 Å². The van der Waals surface area contributed by atoms with Crippen molar-refractivity contribution >= 4 is 0 Å². The zero-order chi connectivity index (χ0) is 11.9. The summed E-state index contributed by atoms with van der Waals surface area (Å²) in [6.07, 6.45) is 3.22. The molecule has 2 aliphatic heterocycles. The quantitative estimate of drug-likeness (QED) is 0.718. The minimum atomic E-state index is 0.105. The summed E-state index contributed by atoms with van der Waals surface area (Å²) in [6, 6.07) is 2.11. The zero-order valence-corrected chi connectivity index (χ0v) is 10.4. The number of nitrogens with two attached hydrogens (primary N) is 1. The first-order chi connectivity index (χ1) is 8.19. The molecule has 1 spiro atoms. The molecule has 3 rings (SSSR count). The lowest BCUT2D eigenvalue weighted by molar-refractivity contribution is 0.123. The highest BCUT2D eigenvalue weighted by Gasteiger charge is 2.39. The Morgan fingerprint density at radius 3 is 3.12 bits per heavy atom. The fraction of sp³-hybridized carbons (Fsp3) is 0.750. The minimum absolute atomic E-state index is 0.105. The lowest BCUT2D eigenvalue weighted by atomic mass is 9.86. The molecule has 0 saturated carbocycles. The average Bonchev–Trinajstić information content (AvgIpc) is 2.86. The SMILES string of the molecule is CC(N)N1Cc2ccnn2CC2(CCNC2)C1. The highest BCUT2D eigenvalue weighted by atomic mass is 15.3. The molecular weight excluding hydrogens is 214 g/mol. The molecule has 94 valence electrons. The molecule has 5 heteroatoms. The fourth-order valence-electron chi connectivity index (χ4n) is 3.05.